The first-order chi connectivity index (χ1) is 11.3. The first-order valence-corrected chi connectivity index (χ1v) is 8.03. The van der Waals surface area contributed by atoms with Crippen LogP contribution in [0.2, 0.25) is 0 Å². The lowest BCUT2D eigenvalue weighted by Gasteiger charge is -2.22. The van der Waals surface area contributed by atoms with Gasteiger partial charge in [-0.2, -0.15) is 13.2 Å². The number of alkyl halides is 3. The molecule has 2 rings (SSSR count). The first kappa shape index (κ1) is 18.6. The molecule has 134 valence electrons. The Morgan fingerprint density at radius 1 is 1.38 bits per heavy atom. The third-order valence-electron chi connectivity index (χ3n) is 4.11. The van der Waals surface area contributed by atoms with Gasteiger partial charge in [0.1, 0.15) is 0 Å². The summed E-state index contributed by atoms with van der Waals surface area (Å²) in [6.45, 7) is 1.42. The van der Waals surface area contributed by atoms with Crippen molar-refractivity contribution >= 4 is 17.3 Å². The summed E-state index contributed by atoms with van der Waals surface area (Å²) in [7, 11) is 3.44. The fourth-order valence-corrected chi connectivity index (χ4v) is 2.79. The smallest absolute Gasteiger partial charge is 0.381 e. The summed E-state index contributed by atoms with van der Waals surface area (Å²) in [6.07, 6.45) is -1.46. The van der Waals surface area contributed by atoms with Crippen molar-refractivity contribution in [3.63, 3.8) is 0 Å². The minimum absolute atomic E-state index is 0.180. The standard InChI is InChI=1S/C17H23F3N2O2/c1-22(2)15-7-6-13(17(18,19)20)10-14(15)21-16(23)8-5-12-4-3-9-24-11-12/h6-7,10,12H,3-5,8-9,11H2,1-2H3,(H,21,23). The van der Waals surface area contributed by atoms with E-state index in [0.29, 0.717) is 24.6 Å². The molecule has 0 bridgehead atoms. The van der Waals surface area contributed by atoms with E-state index in [4.69, 9.17) is 4.74 Å². The maximum atomic E-state index is 12.9. The van der Waals surface area contributed by atoms with E-state index in [0.717, 1.165) is 31.6 Å². The van der Waals surface area contributed by atoms with Crippen LogP contribution in [-0.4, -0.2) is 33.2 Å². The molecule has 1 N–H and O–H groups in total. The Balaban J connectivity index is 2.04. The van der Waals surface area contributed by atoms with Crippen molar-refractivity contribution < 1.29 is 22.7 Å². The number of nitrogens with zero attached hydrogens (tertiary/aromatic N) is 1. The molecule has 0 spiro atoms. The van der Waals surface area contributed by atoms with Crippen molar-refractivity contribution in [2.75, 3.05) is 37.5 Å². The molecule has 0 radical (unpaired) electrons. The average Bonchev–Trinajstić information content (AvgIpc) is 2.53. The second-order valence-corrected chi connectivity index (χ2v) is 6.29. The molecule has 0 saturated carbocycles. The van der Waals surface area contributed by atoms with Gasteiger partial charge in [-0.05, 0) is 43.4 Å². The van der Waals surface area contributed by atoms with Crippen LogP contribution in [0.25, 0.3) is 0 Å². The van der Waals surface area contributed by atoms with Crippen LogP contribution in [0.4, 0.5) is 24.5 Å². The molecule has 1 heterocycles. The molecule has 0 aromatic heterocycles. The van der Waals surface area contributed by atoms with Crippen LogP contribution in [0.5, 0.6) is 0 Å². The lowest BCUT2D eigenvalue weighted by atomic mass is 9.97. The first-order valence-electron chi connectivity index (χ1n) is 8.03. The summed E-state index contributed by atoms with van der Waals surface area (Å²) in [5.74, 6) is 0.0716. The number of hydrogen-bond acceptors (Lipinski definition) is 3. The molecule has 1 saturated heterocycles. The number of halogens is 3. The van der Waals surface area contributed by atoms with Crippen molar-refractivity contribution in [3.8, 4) is 0 Å². The highest BCUT2D eigenvalue weighted by atomic mass is 19.4. The minimum Gasteiger partial charge on any atom is -0.381 e. The van der Waals surface area contributed by atoms with E-state index in [2.05, 4.69) is 5.32 Å². The molecule has 0 aliphatic carbocycles. The van der Waals surface area contributed by atoms with Gasteiger partial charge in [0.15, 0.2) is 0 Å². The molecule has 4 nitrogen and oxygen atoms in total. The highest BCUT2D eigenvalue weighted by Gasteiger charge is 2.31. The van der Waals surface area contributed by atoms with E-state index in [-0.39, 0.29) is 18.0 Å². The fraction of sp³-hybridized carbons (Fsp3) is 0.588. The highest BCUT2D eigenvalue weighted by Crippen LogP contribution is 2.35. The van der Waals surface area contributed by atoms with Crippen molar-refractivity contribution in [1.82, 2.24) is 0 Å². The number of rotatable bonds is 5. The van der Waals surface area contributed by atoms with Gasteiger partial charge in [0.2, 0.25) is 5.91 Å². The summed E-state index contributed by atoms with van der Waals surface area (Å²) in [6, 6.07) is 3.37. The molecule has 1 amide bonds. The summed E-state index contributed by atoms with van der Waals surface area (Å²) in [4.78, 5) is 13.8. The van der Waals surface area contributed by atoms with Crippen molar-refractivity contribution in [3.05, 3.63) is 23.8 Å². The Morgan fingerprint density at radius 3 is 2.71 bits per heavy atom. The number of anilines is 2. The zero-order valence-corrected chi connectivity index (χ0v) is 13.9. The SMILES string of the molecule is CN(C)c1ccc(C(F)(F)F)cc1NC(=O)CCC1CCCOC1. The molecule has 1 aliphatic heterocycles. The fourth-order valence-electron chi connectivity index (χ4n) is 2.79. The third-order valence-corrected chi connectivity index (χ3v) is 4.11. The Hall–Kier alpha value is -1.76. The summed E-state index contributed by atoms with van der Waals surface area (Å²) < 4.78 is 44.0. The molecule has 24 heavy (non-hydrogen) atoms. The zero-order valence-electron chi connectivity index (χ0n) is 13.9. The predicted octanol–water partition coefficient (Wildman–Crippen LogP) is 3.92. The quantitative estimate of drug-likeness (QED) is 0.880. The number of carbonyl (C=O) groups is 1. The van der Waals surface area contributed by atoms with E-state index in [1.807, 2.05) is 0 Å². The number of carbonyl (C=O) groups excluding carboxylic acids is 1. The van der Waals surface area contributed by atoms with Gasteiger partial charge in [0.25, 0.3) is 0 Å². The Labute approximate surface area is 140 Å². The lowest BCUT2D eigenvalue weighted by Crippen LogP contribution is -2.21. The molecule has 1 aromatic rings. The van der Waals surface area contributed by atoms with E-state index in [1.165, 1.54) is 6.07 Å². The Kier molecular flexibility index (Phi) is 6.10. The van der Waals surface area contributed by atoms with Crippen LogP contribution in [0, 0.1) is 5.92 Å². The number of benzene rings is 1. The second-order valence-electron chi connectivity index (χ2n) is 6.29. The van der Waals surface area contributed by atoms with Crippen molar-refractivity contribution in [2.45, 2.75) is 31.9 Å². The van der Waals surface area contributed by atoms with Crippen LogP contribution >= 0.6 is 0 Å². The van der Waals surface area contributed by atoms with Gasteiger partial charge in [0.05, 0.1) is 16.9 Å². The summed E-state index contributed by atoms with van der Waals surface area (Å²) >= 11 is 0. The van der Waals surface area contributed by atoms with Crippen LogP contribution in [0.1, 0.15) is 31.2 Å². The van der Waals surface area contributed by atoms with Crippen LogP contribution in [-0.2, 0) is 15.7 Å². The molecule has 7 heteroatoms. The topological polar surface area (TPSA) is 41.6 Å². The highest BCUT2D eigenvalue weighted by molar-refractivity contribution is 5.94. The van der Waals surface area contributed by atoms with Gasteiger partial charge in [-0.15, -0.1) is 0 Å². The average molecular weight is 344 g/mol. The van der Waals surface area contributed by atoms with Gasteiger partial charge in [-0.3, -0.25) is 4.79 Å². The van der Waals surface area contributed by atoms with E-state index in [9.17, 15) is 18.0 Å². The Bertz CT molecular complexity index is 567. The van der Waals surface area contributed by atoms with Crippen molar-refractivity contribution in [1.29, 1.82) is 0 Å². The zero-order chi connectivity index (χ0) is 17.7. The molecular formula is C17H23F3N2O2. The molecule has 1 aromatic carbocycles. The van der Waals surface area contributed by atoms with E-state index in [1.54, 1.807) is 19.0 Å². The van der Waals surface area contributed by atoms with Gasteiger partial charge in [-0.25, -0.2) is 0 Å². The third kappa shape index (κ3) is 5.12. The molecule has 1 fully saturated rings. The molecule has 1 atom stereocenters. The molecule has 1 unspecified atom stereocenters. The van der Waals surface area contributed by atoms with Crippen molar-refractivity contribution in [2.24, 2.45) is 5.92 Å². The maximum absolute atomic E-state index is 12.9. The summed E-state index contributed by atoms with van der Waals surface area (Å²) in [5.41, 5.74) is -0.0545. The molecule has 1 aliphatic rings. The largest absolute Gasteiger partial charge is 0.416 e. The lowest BCUT2D eigenvalue weighted by molar-refractivity contribution is -0.137. The monoisotopic (exact) mass is 344 g/mol. The number of ether oxygens (including phenoxy) is 1. The van der Waals surface area contributed by atoms with Gasteiger partial charge in [-0.1, -0.05) is 0 Å². The van der Waals surface area contributed by atoms with Crippen LogP contribution < -0.4 is 10.2 Å². The van der Waals surface area contributed by atoms with E-state index >= 15 is 0 Å². The van der Waals surface area contributed by atoms with E-state index < -0.39 is 11.7 Å². The Morgan fingerprint density at radius 2 is 2.12 bits per heavy atom. The van der Waals surface area contributed by atoms with Crippen LogP contribution in [0.3, 0.4) is 0 Å². The van der Waals surface area contributed by atoms with Crippen LogP contribution in [0.15, 0.2) is 18.2 Å². The maximum Gasteiger partial charge on any atom is 0.416 e. The number of amides is 1. The minimum atomic E-state index is -4.44. The van der Waals surface area contributed by atoms with Gasteiger partial charge in [0, 0.05) is 33.7 Å². The normalized spacial score (nSPS) is 18.3. The number of nitrogens with one attached hydrogen (secondary N) is 1. The predicted molar refractivity (Wildman–Crippen MR) is 87.2 cm³/mol. The molecular weight excluding hydrogens is 321 g/mol. The number of hydrogen-bond donors (Lipinski definition) is 1. The van der Waals surface area contributed by atoms with Gasteiger partial charge < -0.3 is 15.0 Å². The summed E-state index contributed by atoms with van der Waals surface area (Å²) in [5, 5.41) is 2.62. The second kappa shape index (κ2) is 7.88. The van der Waals surface area contributed by atoms with Gasteiger partial charge >= 0.3 is 6.18 Å².